The molecule has 0 spiro atoms. The molecule has 1 saturated heterocycles. The zero-order valence-electron chi connectivity index (χ0n) is 22.0. The summed E-state index contributed by atoms with van der Waals surface area (Å²) in [4.78, 5) is 19.0. The normalized spacial score (nSPS) is 14.5. The Morgan fingerprint density at radius 3 is 2.18 bits per heavy atom. The third kappa shape index (κ3) is 6.92. The summed E-state index contributed by atoms with van der Waals surface area (Å²) >= 11 is 0. The second kappa shape index (κ2) is 12.6. The number of methoxy groups -OCH3 is 1. The van der Waals surface area contributed by atoms with Gasteiger partial charge in [0, 0.05) is 18.5 Å². The summed E-state index contributed by atoms with van der Waals surface area (Å²) in [5.74, 6) is 1.44. The summed E-state index contributed by atoms with van der Waals surface area (Å²) in [5, 5.41) is 7.43. The summed E-state index contributed by atoms with van der Waals surface area (Å²) in [6.45, 7) is 2.09. The average molecular weight is 549 g/mol. The lowest BCUT2D eigenvalue weighted by Crippen LogP contribution is -2.34. The van der Waals surface area contributed by atoms with Gasteiger partial charge < -0.3 is 18.7 Å². The quantitative estimate of drug-likeness (QED) is 0.243. The molecule has 0 radical (unpaired) electrons. The van der Waals surface area contributed by atoms with E-state index in [4.69, 9.17) is 13.8 Å². The fourth-order valence-corrected chi connectivity index (χ4v) is 6.54. The molecule has 0 aliphatic carbocycles. The first kappa shape index (κ1) is 27.1. The molecule has 1 aliphatic heterocycles. The fraction of sp³-hybridized carbons (Fsp3) is 0.345. The van der Waals surface area contributed by atoms with Gasteiger partial charge in [0.25, 0.3) is 5.56 Å². The molecule has 2 aromatic heterocycles. The minimum absolute atomic E-state index is 0.249. The third-order valence-electron chi connectivity index (χ3n) is 7.08. The van der Waals surface area contributed by atoms with Gasteiger partial charge in [0.2, 0.25) is 5.88 Å². The molecule has 1 fully saturated rings. The fourth-order valence-electron chi connectivity index (χ4n) is 4.84. The Morgan fingerprint density at radius 1 is 0.974 bits per heavy atom. The molecule has 0 unspecified atom stereocenters. The van der Waals surface area contributed by atoms with Gasteiger partial charge in [-0.25, -0.2) is 5.10 Å². The number of nitrogens with zero attached hydrogens (tertiary/aromatic N) is 3. The van der Waals surface area contributed by atoms with Crippen LogP contribution < -0.4 is 15.2 Å². The van der Waals surface area contributed by atoms with E-state index >= 15 is 0 Å². The Bertz CT molecular complexity index is 1430. The van der Waals surface area contributed by atoms with Crippen LogP contribution in [0.2, 0.25) is 0 Å². The topological polar surface area (TPSA) is 107 Å². The van der Waals surface area contributed by atoms with Gasteiger partial charge in [-0.05, 0) is 42.4 Å². The van der Waals surface area contributed by atoms with Crippen LogP contribution in [0, 0.1) is 5.92 Å². The van der Waals surface area contributed by atoms with Crippen LogP contribution in [0.15, 0.2) is 77.7 Å². The lowest BCUT2D eigenvalue weighted by atomic mass is 9.94. The maximum absolute atomic E-state index is 13.8. The molecule has 4 aromatic rings. The number of benzene rings is 2. The van der Waals surface area contributed by atoms with E-state index in [1.165, 1.54) is 7.11 Å². The number of ether oxygens (including phenoxy) is 1. The minimum atomic E-state index is -3.32. The first-order chi connectivity index (χ1) is 19.0. The molecule has 0 amide bonds. The van der Waals surface area contributed by atoms with E-state index < -0.39 is 7.60 Å². The standard InChI is InChI=1S/C29H33N4O5P/c1-36-29-27-25(19-30-32-28(27)34)18-26(31-29)33-15-12-22(13-16-33)14-17-39(35,37-20-23-8-4-2-5-9-23)38-21-24-10-6-3-7-11-24/h2-11,18-19,22H,12-17,20-21H2,1H3,(H,32,34). The molecule has 9 nitrogen and oxygen atoms in total. The van der Waals surface area contributed by atoms with Gasteiger partial charge in [0.1, 0.15) is 11.2 Å². The highest BCUT2D eigenvalue weighted by molar-refractivity contribution is 7.53. The number of H-pyrrole nitrogens is 1. The number of anilines is 1. The van der Waals surface area contributed by atoms with E-state index in [9.17, 15) is 9.36 Å². The molecule has 0 atom stereocenters. The Morgan fingerprint density at radius 2 is 1.59 bits per heavy atom. The predicted molar refractivity (Wildman–Crippen MR) is 151 cm³/mol. The predicted octanol–water partition coefficient (Wildman–Crippen LogP) is 5.56. The molecule has 10 heteroatoms. The highest BCUT2D eigenvalue weighted by Crippen LogP contribution is 2.51. The van der Waals surface area contributed by atoms with Crippen molar-refractivity contribution in [2.75, 3.05) is 31.3 Å². The molecule has 2 aromatic carbocycles. The van der Waals surface area contributed by atoms with Crippen molar-refractivity contribution in [3.8, 4) is 5.88 Å². The summed E-state index contributed by atoms with van der Waals surface area (Å²) in [5.41, 5.74) is 1.60. The smallest absolute Gasteiger partial charge is 0.331 e. The van der Waals surface area contributed by atoms with Crippen molar-refractivity contribution in [3.05, 3.63) is 94.4 Å². The van der Waals surface area contributed by atoms with Crippen molar-refractivity contribution in [1.82, 2.24) is 15.2 Å². The van der Waals surface area contributed by atoms with Crippen LogP contribution >= 0.6 is 7.60 Å². The Labute approximate surface area is 227 Å². The highest BCUT2D eigenvalue weighted by Gasteiger charge is 2.29. The Kier molecular flexibility index (Phi) is 8.71. The van der Waals surface area contributed by atoms with E-state index in [-0.39, 0.29) is 18.8 Å². The number of aromatic nitrogens is 3. The Hall–Kier alpha value is -3.52. The third-order valence-corrected chi connectivity index (χ3v) is 8.94. The van der Waals surface area contributed by atoms with Gasteiger partial charge in [-0.15, -0.1) is 0 Å². The summed E-state index contributed by atoms with van der Waals surface area (Å²) in [6, 6.07) is 21.4. The number of nitrogens with one attached hydrogen (secondary N) is 1. The lowest BCUT2D eigenvalue weighted by Gasteiger charge is -2.33. The molecule has 5 rings (SSSR count). The number of piperidine rings is 1. The molecule has 39 heavy (non-hydrogen) atoms. The van der Waals surface area contributed by atoms with Crippen LogP contribution in [0.1, 0.15) is 30.4 Å². The molecule has 1 aliphatic rings. The van der Waals surface area contributed by atoms with Crippen molar-refractivity contribution < 1.29 is 18.3 Å². The molecular weight excluding hydrogens is 515 g/mol. The van der Waals surface area contributed by atoms with E-state index in [0.29, 0.717) is 28.7 Å². The summed E-state index contributed by atoms with van der Waals surface area (Å²) in [6.07, 6.45) is 4.58. The van der Waals surface area contributed by atoms with Crippen molar-refractivity contribution in [2.45, 2.75) is 32.5 Å². The van der Waals surface area contributed by atoms with Crippen LogP contribution in [-0.2, 0) is 26.8 Å². The second-order valence-electron chi connectivity index (χ2n) is 9.72. The minimum Gasteiger partial charge on any atom is -0.480 e. The molecular formula is C29H33N4O5P. The molecule has 3 heterocycles. The first-order valence-electron chi connectivity index (χ1n) is 13.2. The van der Waals surface area contributed by atoms with Crippen LogP contribution in [0.5, 0.6) is 5.88 Å². The van der Waals surface area contributed by atoms with Gasteiger partial charge in [-0.3, -0.25) is 9.36 Å². The number of hydrogen-bond acceptors (Lipinski definition) is 8. The van der Waals surface area contributed by atoms with E-state index in [1.54, 1.807) is 6.20 Å². The van der Waals surface area contributed by atoms with Crippen LogP contribution in [0.25, 0.3) is 10.8 Å². The average Bonchev–Trinajstić information content (AvgIpc) is 2.99. The first-order valence-corrected chi connectivity index (χ1v) is 14.9. The maximum atomic E-state index is 13.8. The highest BCUT2D eigenvalue weighted by atomic mass is 31.2. The van der Waals surface area contributed by atoms with Crippen LogP contribution in [0.3, 0.4) is 0 Å². The molecule has 204 valence electrons. The second-order valence-corrected chi connectivity index (χ2v) is 11.9. The number of aromatic amines is 1. The largest absolute Gasteiger partial charge is 0.480 e. The van der Waals surface area contributed by atoms with Crippen molar-refractivity contribution in [1.29, 1.82) is 0 Å². The van der Waals surface area contributed by atoms with Gasteiger partial charge in [0.05, 0.1) is 32.7 Å². The Balaban J connectivity index is 1.21. The van der Waals surface area contributed by atoms with Crippen molar-refractivity contribution >= 4 is 24.2 Å². The van der Waals surface area contributed by atoms with Gasteiger partial charge >= 0.3 is 7.60 Å². The zero-order chi connectivity index (χ0) is 27.1. The molecule has 1 N–H and O–H groups in total. The maximum Gasteiger partial charge on any atom is 0.331 e. The van der Waals surface area contributed by atoms with E-state index in [2.05, 4.69) is 20.1 Å². The number of fused-ring (bicyclic) bond motifs is 1. The SMILES string of the molecule is COc1nc(N2CCC(CCP(=O)(OCc3ccccc3)OCc3ccccc3)CC2)cc2cn[nH]c(=O)c12. The number of pyridine rings is 1. The van der Waals surface area contributed by atoms with Crippen molar-refractivity contribution in [3.63, 3.8) is 0 Å². The monoisotopic (exact) mass is 548 g/mol. The summed E-state index contributed by atoms with van der Waals surface area (Å²) in [7, 11) is -1.81. The van der Waals surface area contributed by atoms with Gasteiger partial charge in [-0.1, -0.05) is 60.7 Å². The van der Waals surface area contributed by atoms with Crippen LogP contribution in [-0.4, -0.2) is 41.5 Å². The molecule has 0 bridgehead atoms. The van der Waals surface area contributed by atoms with E-state index in [0.717, 1.165) is 49.3 Å². The number of hydrogen-bond donors (Lipinski definition) is 1. The zero-order valence-corrected chi connectivity index (χ0v) is 22.9. The lowest BCUT2D eigenvalue weighted by molar-refractivity contribution is 0.188. The van der Waals surface area contributed by atoms with E-state index in [1.807, 2.05) is 66.7 Å². The number of rotatable bonds is 11. The van der Waals surface area contributed by atoms with Crippen molar-refractivity contribution in [2.24, 2.45) is 5.92 Å². The van der Waals surface area contributed by atoms with Gasteiger partial charge in [0.15, 0.2) is 0 Å². The van der Waals surface area contributed by atoms with Gasteiger partial charge in [-0.2, -0.15) is 10.1 Å². The molecule has 0 saturated carbocycles. The van der Waals surface area contributed by atoms with Crippen LogP contribution in [0.4, 0.5) is 5.82 Å². The summed E-state index contributed by atoms with van der Waals surface area (Å²) < 4.78 is 31.1.